The van der Waals surface area contributed by atoms with Gasteiger partial charge >= 0.3 is 5.97 Å². The zero-order valence-corrected chi connectivity index (χ0v) is 22.4. The lowest BCUT2D eigenvalue weighted by atomic mass is 9.82. The maximum absolute atomic E-state index is 13.5. The van der Waals surface area contributed by atoms with Crippen molar-refractivity contribution < 1.29 is 19.5 Å². The Kier molecular flexibility index (Phi) is 7.85. The maximum atomic E-state index is 13.5. The highest BCUT2D eigenvalue weighted by atomic mass is 32.1. The van der Waals surface area contributed by atoms with Crippen LogP contribution in [0.4, 0.5) is 11.5 Å². The van der Waals surface area contributed by atoms with Crippen LogP contribution in [0, 0.1) is 18.8 Å². The third-order valence-corrected chi connectivity index (χ3v) is 8.29. The van der Waals surface area contributed by atoms with Crippen molar-refractivity contribution in [2.45, 2.75) is 59.4 Å². The molecule has 10 heteroatoms. The van der Waals surface area contributed by atoms with Gasteiger partial charge in [-0.2, -0.15) is 0 Å². The predicted molar refractivity (Wildman–Crippen MR) is 143 cm³/mol. The van der Waals surface area contributed by atoms with E-state index in [0.29, 0.717) is 28.0 Å². The van der Waals surface area contributed by atoms with E-state index in [9.17, 15) is 19.5 Å². The smallest absolute Gasteiger partial charge is 0.348 e. The second kappa shape index (κ2) is 10.9. The number of anilines is 2. The molecule has 1 fully saturated rings. The van der Waals surface area contributed by atoms with Crippen LogP contribution in [0.15, 0.2) is 29.2 Å². The molecule has 4 rings (SSSR count). The first-order valence-corrected chi connectivity index (χ1v) is 13.8. The molecule has 0 saturated heterocycles. The molecule has 3 aromatic rings. The summed E-state index contributed by atoms with van der Waals surface area (Å²) in [5.41, 5.74) is 3.80. The first-order valence-electron chi connectivity index (χ1n) is 12.0. The number of hydrogen-bond donors (Lipinski definition) is 2. The van der Waals surface area contributed by atoms with Crippen molar-refractivity contribution in [3.8, 4) is 10.4 Å². The molecule has 2 N–H and O–H groups in total. The Morgan fingerprint density at radius 3 is 2.44 bits per heavy atom. The first-order chi connectivity index (χ1) is 17.2. The number of nitrogens with zero attached hydrogens (tertiary/aromatic N) is 3. The summed E-state index contributed by atoms with van der Waals surface area (Å²) in [6, 6.07) is 3.46. The summed E-state index contributed by atoms with van der Waals surface area (Å²) in [5, 5.41) is 14.4. The van der Waals surface area contributed by atoms with Gasteiger partial charge in [0.25, 0.3) is 5.91 Å². The average molecular weight is 527 g/mol. The normalized spacial score (nSPS) is 17.7. The van der Waals surface area contributed by atoms with Crippen LogP contribution in [0.3, 0.4) is 0 Å². The monoisotopic (exact) mass is 526 g/mol. The number of carboxylic acids is 1. The third-order valence-electron chi connectivity index (χ3n) is 6.54. The van der Waals surface area contributed by atoms with E-state index in [0.717, 1.165) is 48.1 Å². The summed E-state index contributed by atoms with van der Waals surface area (Å²) in [7, 11) is 0. The highest BCUT2D eigenvalue weighted by Gasteiger charge is 2.33. The summed E-state index contributed by atoms with van der Waals surface area (Å²) in [5.74, 6) is -0.453. The SMILES string of the molecule is Cc1cc(-c2cc(N(C(=O)C3CCC(C)CC3)C(C)C)c(C(=O)O)s2)cnc1NC(=O)c1cscn1. The molecule has 1 aliphatic rings. The number of carbonyl (C=O) groups is 3. The van der Waals surface area contributed by atoms with Gasteiger partial charge in [0.05, 0.1) is 11.2 Å². The van der Waals surface area contributed by atoms with Crippen LogP contribution in [-0.2, 0) is 4.79 Å². The number of amides is 2. The molecule has 1 saturated carbocycles. The highest BCUT2D eigenvalue weighted by Crippen LogP contribution is 2.40. The fourth-order valence-corrected chi connectivity index (χ4v) is 6.05. The van der Waals surface area contributed by atoms with Gasteiger partial charge < -0.3 is 15.3 Å². The van der Waals surface area contributed by atoms with Gasteiger partial charge in [-0.15, -0.1) is 22.7 Å². The average Bonchev–Trinajstić information content (AvgIpc) is 3.51. The molecule has 36 heavy (non-hydrogen) atoms. The summed E-state index contributed by atoms with van der Waals surface area (Å²) in [6.07, 6.45) is 5.30. The number of aromatic carboxylic acids is 1. The molecule has 0 spiro atoms. The molecule has 0 aromatic carbocycles. The second-order valence-electron chi connectivity index (χ2n) is 9.61. The number of thiazole rings is 1. The van der Waals surface area contributed by atoms with Crippen LogP contribution in [0.5, 0.6) is 0 Å². The van der Waals surface area contributed by atoms with E-state index in [1.54, 1.807) is 28.1 Å². The summed E-state index contributed by atoms with van der Waals surface area (Å²) < 4.78 is 0. The standard InChI is InChI=1S/C26H30N4O4S2/c1-14(2)30(25(32)17-7-5-15(3)6-8-17)20-10-21(36-22(20)26(33)34)18-9-16(4)23(27-11-18)29-24(31)19-12-35-13-28-19/h9-15,17H,5-8H2,1-4H3,(H,33,34)(H,27,29,31). The van der Waals surface area contributed by atoms with E-state index in [2.05, 4.69) is 22.2 Å². The van der Waals surface area contributed by atoms with Crippen LogP contribution in [0.2, 0.25) is 0 Å². The molecule has 0 bridgehead atoms. The number of hydrogen-bond acceptors (Lipinski definition) is 7. The predicted octanol–water partition coefficient (Wildman–Crippen LogP) is 6.09. The van der Waals surface area contributed by atoms with Gasteiger partial charge in [0, 0.05) is 34.0 Å². The Hall–Kier alpha value is -3.11. The quantitative estimate of drug-likeness (QED) is 0.385. The minimum absolute atomic E-state index is 0.00171. The third kappa shape index (κ3) is 5.49. The molecular weight excluding hydrogens is 496 g/mol. The lowest BCUT2D eigenvalue weighted by Crippen LogP contribution is -2.42. The Bertz CT molecular complexity index is 1260. The molecule has 0 atom stereocenters. The van der Waals surface area contributed by atoms with Crippen molar-refractivity contribution in [2.24, 2.45) is 11.8 Å². The summed E-state index contributed by atoms with van der Waals surface area (Å²) >= 11 is 2.46. The van der Waals surface area contributed by atoms with Gasteiger partial charge in [0.15, 0.2) is 0 Å². The van der Waals surface area contributed by atoms with E-state index in [4.69, 9.17) is 0 Å². The zero-order valence-electron chi connectivity index (χ0n) is 20.8. The van der Waals surface area contributed by atoms with E-state index in [1.807, 2.05) is 26.8 Å². The number of nitrogens with one attached hydrogen (secondary N) is 1. The molecule has 2 amide bonds. The number of carboxylic acid groups (broad SMARTS) is 1. The van der Waals surface area contributed by atoms with Gasteiger partial charge in [-0.05, 0) is 70.1 Å². The van der Waals surface area contributed by atoms with Crippen LogP contribution < -0.4 is 10.2 Å². The van der Waals surface area contributed by atoms with Crippen molar-refractivity contribution >= 4 is 52.0 Å². The minimum atomic E-state index is -1.06. The number of pyridine rings is 1. The fraction of sp³-hybridized carbons (Fsp3) is 0.423. The first kappa shape index (κ1) is 26.0. The Labute approximate surface area is 218 Å². The van der Waals surface area contributed by atoms with Crippen molar-refractivity contribution in [3.63, 3.8) is 0 Å². The van der Waals surface area contributed by atoms with Crippen LogP contribution in [0.1, 0.15) is 72.2 Å². The molecule has 0 radical (unpaired) electrons. The molecule has 3 heterocycles. The molecule has 0 aliphatic heterocycles. The van der Waals surface area contributed by atoms with E-state index < -0.39 is 5.97 Å². The molecular formula is C26H30N4O4S2. The summed E-state index contributed by atoms with van der Waals surface area (Å²) in [6.45, 7) is 7.86. The molecule has 8 nitrogen and oxygen atoms in total. The molecule has 190 valence electrons. The van der Waals surface area contributed by atoms with Crippen molar-refractivity contribution in [3.05, 3.63) is 45.4 Å². The largest absolute Gasteiger partial charge is 0.477 e. The molecule has 0 unspecified atom stereocenters. The van der Waals surface area contributed by atoms with Crippen molar-refractivity contribution in [1.29, 1.82) is 0 Å². The Balaban J connectivity index is 1.63. The van der Waals surface area contributed by atoms with Gasteiger partial charge in [-0.1, -0.05) is 6.92 Å². The van der Waals surface area contributed by atoms with Crippen LogP contribution in [0.25, 0.3) is 10.4 Å². The van der Waals surface area contributed by atoms with E-state index in [-0.39, 0.29) is 28.7 Å². The van der Waals surface area contributed by atoms with Gasteiger partial charge in [0.1, 0.15) is 16.4 Å². The number of carbonyl (C=O) groups excluding carboxylic acids is 2. The highest BCUT2D eigenvalue weighted by molar-refractivity contribution is 7.18. The topological polar surface area (TPSA) is 112 Å². The maximum Gasteiger partial charge on any atom is 0.348 e. The number of thiophene rings is 1. The number of rotatable bonds is 7. The number of aromatic nitrogens is 2. The molecule has 3 aromatic heterocycles. The lowest BCUT2D eigenvalue weighted by Gasteiger charge is -2.33. The zero-order chi connectivity index (χ0) is 26.0. The van der Waals surface area contributed by atoms with Gasteiger partial charge in [-0.3, -0.25) is 9.59 Å². The Morgan fingerprint density at radius 1 is 1.14 bits per heavy atom. The van der Waals surface area contributed by atoms with E-state index in [1.165, 1.54) is 11.3 Å². The Morgan fingerprint density at radius 2 is 1.86 bits per heavy atom. The van der Waals surface area contributed by atoms with Crippen molar-refractivity contribution in [1.82, 2.24) is 9.97 Å². The van der Waals surface area contributed by atoms with E-state index >= 15 is 0 Å². The molecule has 1 aliphatic carbocycles. The van der Waals surface area contributed by atoms with Crippen molar-refractivity contribution in [2.75, 3.05) is 10.2 Å². The van der Waals surface area contributed by atoms with Crippen LogP contribution >= 0.6 is 22.7 Å². The minimum Gasteiger partial charge on any atom is -0.477 e. The van der Waals surface area contributed by atoms with Gasteiger partial charge in [-0.25, -0.2) is 14.8 Å². The number of aryl methyl sites for hydroxylation is 1. The van der Waals surface area contributed by atoms with Gasteiger partial charge in [0.2, 0.25) is 5.91 Å². The summed E-state index contributed by atoms with van der Waals surface area (Å²) in [4.78, 5) is 49.0. The van der Waals surface area contributed by atoms with Crippen LogP contribution in [-0.4, -0.2) is 38.9 Å². The lowest BCUT2D eigenvalue weighted by molar-refractivity contribution is -0.123. The second-order valence-corrected chi connectivity index (χ2v) is 11.4. The fourth-order valence-electron chi connectivity index (χ4n) is 4.55.